The fraction of sp³-hybridized carbons (Fsp3) is 0.167. The van der Waals surface area contributed by atoms with Crippen molar-refractivity contribution in [2.45, 2.75) is 18.7 Å². The summed E-state index contributed by atoms with van der Waals surface area (Å²) in [5.74, 6) is -1.14. The Morgan fingerprint density at radius 3 is 2.10 bits per heavy atom. The molecule has 2 fully saturated rings. The summed E-state index contributed by atoms with van der Waals surface area (Å²) in [4.78, 5) is 34.0. The molecule has 0 N–H and O–H groups in total. The summed E-state index contributed by atoms with van der Waals surface area (Å²) < 4.78 is 0. The predicted molar refractivity (Wildman–Crippen MR) is 113 cm³/mol. The van der Waals surface area contributed by atoms with E-state index in [9.17, 15) is 9.59 Å². The Morgan fingerprint density at radius 2 is 1.43 bits per heavy atom. The molecule has 5 nitrogen and oxygen atoms in total. The minimum absolute atomic E-state index is 0.216. The number of fused-ring (bicyclic) bond motifs is 1. The molecule has 3 aromatic carbocycles. The highest BCUT2D eigenvalue weighted by molar-refractivity contribution is 6.30. The Hall–Kier alpha value is -3.15. The van der Waals surface area contributed by atoms with Crippen molar-refractivity contribution in [1.29, 1.82) is 0 Å². The van der Waals surface area contributed by atoms with Gasteiger partial charge in [0.15, 0.2) is 6.10 Å². The number of hydrogen-bond acceptors (Lipinski definition) is 4. The lowest BCUT2D eigenvalue weighted by atomic mass is 9.90. The quantitative estimate of drug-likeness (QED) is 0.590. The summed E-state index contributed by atoms with van der Waals surface area (Å²) in [6.07, 6.45) is -0.845. The third-order valence-electron chi connectivity index (χ3n) is 5.61. The van der Waals surface area contributed by atoms with Crippen LogP contribution in [-0.2, 0) is 21.0 Å². The maximum Gasteiger partial charge on any atom is 0.262 e. The van der Waals surface area contributed by atoms with Crippen LogP contribution in [0.2, 0.25) is 5.02 Å². The predicted octanol–water partition coefficient (Wildman–Crippen LogP) is 4.39. The highest BCUT2D eigenvalue weighted by atomic mass is 35.5. The number of likely N-dealkylation sites (tertiary alicyclic amines) is 1. The summed E-state index contributed by atoms with van der Waals surface area (Å²) in [5, 5.41) is 2.30. The van der Waals surface area contributed by atoms with E-state index in [1.54, 1.807) is 17.2 Å². The first-order chi connectivity index (χ1) is 14.6. The van der Waals surface area contributed by atoms with E-state index in [2.05, 4.69) is 0 Å². The number of hydroxylamine groups is 1. The number of amides is 2. The number of hydrogen-bond donors (Lipinski definition) is 0. The first-order valence-corrected chi connectivity index (χ1v) is 10.2. The molecule has 2 heterocycles. The van der Waals surface area contributed by atoms with Gasteiger partial charge in [0, 0.05) is 5.02 Å². The van der Waals surface area contributed by atoms with Gasteiger partial charge in [-0.2, -0.15) is 0 Å². The summed E-state index contributed by atoms with van der Waals surface area (Å²) >= 11 is 6.07. The van der Waals surface area contributed by atoms with Crippen LogP contribution in [0.25, 0.3) is 0 Å². The molecular formula is C24H19ClN2O3. The van der Waals surface area contributed by atoms with E-state index in [1.807, 2.05) is 72.8 Å². The van der Waals surface area contributed by atoms with Crippen molar-refractivity contribution in [1.82, 2.24) is 4.90 Å². The number of carbonyl (C=O) groups excluding carboxylic acids is 2. The van der Waals surface area contributed by atoms with Crippen LogP contribution in [0.3, 0.4) is 0 Å². The molecule has 0 aliphatic carbocycles. The Bertz CT molecular complexity index is 1070. The van der Waals surface area contributed by atoms with E-state index < -0.39 is 18.1 Å². The van der Waals surface area contributed by atoms with Crippen molar-refractivity contribution in [3.63, 3.8) is 0 Å². The SMILES string of the molecule is O=C1C2ON(c3ccccc3)C(c3ccc(Cl)cc3)C2C(=O)N1Cc1ccccc1. The molecule has 2 aliphatic rings. The second-order valence-corrected chi connectivity index (χ2v) is 7.89. The second-order valence-electron chi connectivity index (χ2n) is 7.46. The fourth-order valence-corrected chi connectivity index (χ4v) is 4.32. The van der Waals surface area contributed by atoms with Gasteiger partial charge in [0.05, 0.1) is 18.3 Å². The lowest BCUT2D eigenvalue weighted by Crippen LogP contribution is -2.36. The molecule has 150 valence electrons. The zero-order valence-electron chi connectivity index (χ0n) is 16.0. The van der Waals surface area contributed by atoms with Crippen molar-refractivity contribution in [3.05, 3.63) is 101 Å². The largest absolute Gasteiger partial charge is 0.275 e. The summed E-state index contributed by atoms with van der Waals surface area (Å²) in [5.41, 5.74) is 2.57. The summed E-state index contributed by atoms with van der Waals surface area (Å²) in [6.45, 7) is 0.244. The molecule has 0 radical (unpaired) electrons. The lowest BCUT2D eigenvalue weighted by Gasteiger charge is -2.28. The van der Waals surface area contributed by atoms with Gasteiger partial charge in [-0.1, -0.05) is 72.3 Å². The highest BCUT2D eigenvalue weighted by Crippen LogP contribution is 2.47. The zero-order chi connectivity index (χ0) is 20.7. The van der Waals surface area contributed by atoms with Gasteiger partial charge in [-0.15, -0.1) is 0 Å². The van der Waals surface area contributed by atoms with Gasteiger partial charge in [0.25, 0.3) is 5.91 Å². The van der Waals surface area contributed by atoms with E-state index in [0.717, 1.165) is 16.8 Å². The molecule has 6 heteroatoms. The number of imide groups is 1. The van der Waals surface area contributed by atoms with Crippen LogP contribution < -0.4 is 5.06 Å². The molecule has 0 bridgehead atoms. The number of benzene rings is 3. The van der Waals surface area contributed by atoms with Gasteiger partial charge in [-0.3, -0.25) is 19.3 Å². The smallest absolute Gasteiger partial charge is 0.262 e. The molecule has 3 unspecified atom stereocenters. The average Bonchev–Trinajstić information content (AvgIpc) is 3.28. The Morgan fingerprint density at radius 1 is 0.800 bits per heavy atom. The fourth-order valence-electron chi connectivity index (χ4n) is 4.19. The van der Waals surface area contributed by atoms with Crippen molar-refractivity contribution in [2.24, 2.45) is 5.92 Å². The third kappa shape index (κ3) is 3.16. The summed E-state index contributed by atoms with van der Waals surface area (Å²) in [6, 6.07) is 25.9. The number of rotatable bonds is 4. The average molecular weight is 419 g/mol. The second kappa shape index (κ2) is 7.59. The zero-order valence-corrected chi connectivity index (χ0v) is 16.8. The molecule has 3 aromatic rings. The molecule has 2 saturated heterocycles. The summed E-state index contributed by atoms with van der Waals surface area (Å²) in [7, 11) is 0. The maximum absolute atomic E-state index is 13.4. The van der Waals surface area contributed by atoms with Gasteiger partial charge in [-0.25, -0.2) is 5.06 Å². The topological polar surface area (TPSA) is 49.9 Å². The minimum atomic E-state index is -0.845. The van der Waals surface area contributed by atoms with Crippen molar-refractivity contribution in [2.75, 3.05) is 5.06 Å². The van der Waals surface area contributed by atoms with Crippen LogP contribution in [0.1, 0.15) is 17.2 Å². The van der Waals surface area contributed by atoms with Crippen LogP contribution >= 0.6 is 11.6 Å². The van der Waals surface area contributed by atoms with E-state index in [1.165, 1.54) is 4.90 Å². The Balaban J connectivity index is 1.52. The van der Waals surface area contributed by atoms with E-state index >= 15 is 0 Å². The molecule has 3 atom stereocenters. The van der Waals surface area contributed by atoms with Gasteiger partial charge in [0.2, 0.25) is 5.91 Å². The van der Waals surface area contributed by atoms with Crippen molar-refractivity contribution in [3.8, 4) is 0 Å². The van der Waals surface area contributed by atoms with Gasteiger partial charge in [0.1, 0.15) is 5.92 Å². The standard InChI is InChI=1S/C24H19ClN2O3/c25-18-13-11-17(12-14-18)21-20-22(30-27(21)19-9-5-2-6-10-19)24(29)26(23(20)28)15-16-7-3-1-4-8-16/h1-14,20-22H,15H2. The first kappa shape index (κ1) is 18.9. The van der Waals surface area contributed by atoms with Crippen LogP contribution in [0, 0.1) is 5.92 Å². The van der Waals surface area contributed by atoms with Gasteiger partial charge >= 0.3 is 0 Å². The molecule has 0 spiro atoms. The lowest BCUT2D eigenvalue weighted by molar-refractivity contribution is -0.143. The minimum Gasteiger partial charge on any atom is -0.275 e. The van der Waals surface area contributed by atoms with Crippen molar-refractivity contribution >= 4 is 29.1 Å². The van der Waals surface area contributed by atoms with E-state index in [0.29, 0.717) is 5.02 Å². The van der Waals surface area contributed by atoms with Crippen LogP contribution in [-0.4, -0.2) is 22.8 Å². The monoisotopic (exact) mass is 418 g/mol. The normalized spacial score (nSPS) is 23.2. The third-order valence-corrected chi connectivity index (χ3v) is 5.86. The van der Waals surface area contributed by atoms with E-state index in [-0.39, 0.29) is 18.4 Å². The number of halogens is 1. The Labute approximate surface area is 179 Å². The molecule has 0 saturated carbocycles. The molecule has 2 amide bonds. The molecule has 5 rings (SSSR count). The molecular weight excluding hydrogens is 400 g/mol. The number of carbonyl (C=O) groups is 2. The highest BCUT2D eigenvalue weighted by Gasteiger charge is 2.59. The molecule has 2 aliphatic heterocycles. The van der Waals surface area contributed by atoms with E-state index in [4.69, 9.17) is 16.4 Å². The Kier molecular flexibility index (Phi) is 4.77. The number of para-hydroxylation sites is 1. The number of anilines is 1. The van der Waals surface area contributed by atoms with Crippen LogP contribution in [0.4, 0.5) is 5.69 Å². The van der Waals surface area contributed by atoms with Gasteiger partial charge < -0.3 is 0 Å². The van der Waals surface area contributed by atoms with Gasteiger partial charge in [-0.05, 0) is 35.4 Å². The maximum atomic E-state index is 13.4. The van der Waals surface area contributed by atoms with Crippen LogP contribution in [0.5, 0.6) is 0 Å². The first-order valence-electron chi connectivity index (χ1n) is 9.79. The molecule has 0 aromatic heterocycles. The molecule has 30 heavy (non-hydrogen) atoms. The van der Waals surface area contributed by atoms with Crippen LogP contribution in [0.15, 0.2) is 84.9 Å². The van der Waals surface area contributed by atoms with Crippen molar-refractivity contribution < 1.29 is 14.4 Å². The number of nitrogens with zero attached hydrogens (tertiary/aromatic N) is 2.